The molecule has 0 bridgehead atoms. The quantitative estimate of drug-likeness (QED) is 0.295. The van der Waals surface area contributed by atoms with E-state index in [-0.39, 0.29) is 23.2 Å². The van der Waals surface area contributed by atoms with E-state index in [2.05, 4.69) is 18.2 Å². The van der Waals surface area contributed by atoms with Crippen molar-refractivity contribution in [3.63, 3.8) is 0 Å². The summed E-state index contributed by atoms with van der Waals surface area (Å²) in [5.41, 5.74) is 3.34. The molecule has 3 aromatic rings. The van der Waals surface area contributed by atoms with Crippen molar-refractivity contribution in [2.75, 3.05) is 0 Å². The fraction of sp³-hybridized carbons (Fsp3) is 0.179. The smallest absolute Gasteiger partial charge is 0.169 e. The van der Waals surface area contributed by atoms with Crippen molar-refractivity contribution in [1.82, 2.24) is 0 Å². The zero-order valence-corrected chi connectivity index (χ0v) is 17.7. The van der Waals surface area contributed by atoms with E-state index >= 15 is 0 Å². The van der Waals surface area contributed by atoms with Crippen molar-refractivity contribution in [2.45, 2.75) is 26.2 Å². The Morgan fingerprint density at radius 3 is 2.09 bits per heavy atom. The molecule has 0 fully saturated rings. The molecule has 4 heteroatoms. The predicted molar refractivity (Wildman–Crippen MR) is 123 cm³/mol. The monoisotopic (exact) mass is 432 g/mol. The van der Waals surface area contributed by atoms with E-state index < -0.39 is 11.6 Å². The van der Waals surface area contributed by atoms with Gasteiger partial charge in [0.15, 0.2) is 17.9 Å². The minimum Gasteiger partial charge on any atom is -0.298 e. The first-order chi connectivity index (χ1) is 15.5. The Kier molecular flexibility index (Phi) is 6.40. The van der Waals surface area contributed by atoms with Crippen LogP contribution in [-0.4, -0.2) is 6.29 Å². The molecule has 1 aliphatic carbocycles. The van der Waals surface area contributed by atoms with Gasteiger partial charge in [-0.05, 0) is 66.5 Å². The molecule has 1 nitrogen and oxygen atoms in total. The number of aldehydes is 1. The van der Waals surface area contributed by atoms with Gasteiger partial charge < -0.3 is 0 Å². The molecule has 1 atom stereocenters. The van der Waals surface area contributed by atoms with Crippen LogP contribution >= 0.6 is 0 Å². The summed E-state index contributed by atoms with van der Waals surface area (Å²) < 4.78 is 43.2. The fourth-order valence-electron chi connectivity index (χ4n) is 4.22. The number of carbonyl (C=O) groups excluding carboxylic acids is 1. The Bertz CT molecular complexity index is 1210. The van der Waals surface area contributed by atoms with Crippen molar-refractivity contribution in [2.24, 2.45) is 5.92 Å². The van der Waals surface area contributed by atoms with Crippen molar-refractivity contribution in [1.29, 1.82) is 0 Å². The van der Waals surface area contributed by atoms with Gasteiger partial charge in [0.05, 0.1) is 5.56 Å². The summed E-state index contributed by atoms with van der Waals surface area (Å²) in [4.78, 5) is 10.8. The molecule has 0 amide bonds. The third kappa shape index (κ3) is 4.31. The predicted octanol–water partition coefficient (Wildman–Crippen LogP) is 8.01. The van der Waals surface area contributed by atoms with Crippen LogP contribution in [0, 0.1) is 23.4 Å². The molecule has 0 saturated carbocycles. The van der Waals surface area contributed by atoms with E-state index in [1.165, 1.54) is 17.7 Å². The molecule has 3 aromatic carbocycles. The van der Waals surface area contributed by atoms with Crippen molar-refractivity contribution in [3.05, 3.63) is 101 Å². The normalized spacial score (nSPS) is 16.2. The van der Waals surface area contributed by atoms with E-state index in [0.717, 1.165) is 24.8 Å². The number of benzene rings is 3. The topological polar surface area (TPSA) is 17.1 Å². The first-order valence-corrected chi connectivity index (χ1v) is 10.7. The Labute approximate surface area is 185 Å². The summed E-state index contributed by atoms with van der Waals surface area (Å²) in [5.74, 6) is -2.01. The highest BCUT2D eigenvalue weighted by atomic mass is 19.2. The van der Waals surface area contributed by atoms with Crippen LogP contribution in [0.1, 0.15) is 42.1 Å². The number of carbonyl (C=O) groups is 1. The van der Waals surface area contributed by atoms with E-state index in [4.69, 9.17) is 0 Å². The molecule has 0 heterocycles. The minimum absolute atomic E-state index is 0.0518. The van der Waals surface area contributed by atoms with Gasteiger partial charge in [-0.25, -0.2) is 13.2 Å². The lowest BCUT2D eigenvalue weighted by Gasteiger charge is -2.20. The third-order valence-corrected chi connectivity index (χ3v) is 6.00. The van der Waals surface area contributed by atoms with Gasteiger partial charge in [-0.2, -0.15) is 0 Å². The first kappa shape index (κ1) is 21.8. The Hall–Kier alpha value is -3.40. The van der Waals surface area contributed by atoms with Crippen LogP contribution in [0.2, 0.25) is 0 Å². The molecule has 4 rings (SSSR count). The van der Waals surface area contributed by atoms with E-state index in [0.29, 0.717) is 22.6 Å². The van der Waals surface area contributed by atoms with Gasteiger partial charge in [-0.15, -0.1) is 0 Å². The lowest BCUT2D eigenvalue weighted by atomic mass is 9.86. The molecule has 0 aromatic heterocycles. The molecule has 0 N–H and O–H groups in total. The zero-order chi connectivity index (χ0) is 22.7. The van der Waals surface area contributed by atoms with Crippen LogP contribution in [0.5, 0.6) is 0 Å². The number of halogens is 3. The molecule has 162 valence electrons. The van der Waals surface area contributed by atoms with Crippen LogP contribution in [-0.2, 0) is 0 Å². The van der Waals surface area contributed by atoms with Crippen molar-refractivity contribution in [3.8, 4) is 22.3 Å². The summed E-state index contributed by atoms with van der Waals surface area (Å²) in [7, 11) is 0. The second-order valence-corrected chi connectivity index (χ2v) is 8.01. The van der Waals surface area contributed by atoms with E-state index in [1.807, 2.05) is 13.0 Å². The average molecular weight is 432 g/mol. The average Bonchev–Trinajstić information content (AvgIpc) is 2.82. The number of rotatable bonds is 5. The number of allylic oxidation sites excluding steroid dienone is 4. The lowest BCUT2D eigenvalue weighted by molar-refractivity contribution is 0.111. The standard InChI is InChI=1S/C28H23F3O/c1-2-3-18-4-6-19(7-5-18)22-12-14-24(26(29)16-22)20-8-10-21(11-9-20)25-15-13-23(17-32)27(30)28(25)31/h2-3,6,8-18H,4-5,7H2,1H3/b3-2+. The van der Waals surface area contributed by atoms with Gasteiger partial charge in [0.1, 0.15) is 5.82 Å². The number of hydrogen-bond donors (Lipinski definition) is 0. The van der Waals surface area contributed by atoms with Crippen LogP contribution in [0.15, 0.2) is 72.8 Å². The van der Waals surface area contributed by atoms with Crippen LogP contribution < -0.4 is 0 Å². The molecule has 0 saturated heterocycles. The SMILES string of the molecule is C/C=C/C1CC=C(c2ccc(-c3ccc(-c4ccc(C=O)c(F)c4F)cc3)c(F)c2)CC1. The zero-order valence-electron chi connectivity index (χ0n) is 17.7. The second kappa shape index (κ2) is 9.39. The van der Waals surface area contributed by atoms with Crippen molar-refractivity contribution < 1.29 is 18.0 Å². The van der Waals surface area contributed by atoms with Crippen LogP contribution in [0.25, 0.3) is 27.8 Å². The lowest BCUT2D eigenvalue weighted by Crippen LogP contribution is -2.02. The molecule has 1 unspecified atom stereocenters. The number of hydrogen-bond acceptors (Lipinski definition) is 1. The molecule has 0 aliphatic heterocycles. The second-order valence-electron chi connectivity index (χ2n) is 8.01. The fourth-order valence-corrected chi connectivity index (χ4v) is 4.22. The highest BCUT2D eigenvalue weighted by Crippen LogP contribution is 2.34. The van der Waals surface area contributed by atoms with Gasteiger partial charge in [0.2, 0.25) is 0 Å². The molecule has 0 radical (unpaired) electrons. The highest BCUT2D eigenvalue weighted by molar-refractivity contribution is 5.79. The Morgan fingerprint density at radius 1 is 0.844 bits per heavy atom. The van der Waals surface area contributed by atoms with Gasteiger partial charge in [0.25, 0.3) is 0 Å². The van der Waals surface area contributed by atoms with Gasteiger partial charge in [-0.3, -0.25) is 4.79 Å². The summed E-state index contributed by atoms with van der Waals surface area (Å²) in [5, 5.41) is 0. The van der Waals surface area contributed by atoms with Gasteiger partial charge in [0, 0.05) is 11.1 Å². The molecule has 32 heavy (non-hydrogen) atoms. The largest absolute Gasteiger partial charge is 0.298 e. The Morgan fingerprint density at radius 2 is 1.50 bits per heavy atom. The maximum absolute atomic E-state index is 14.9. The first-order valence-electron chi connectivity index (χ1n) is 10.7. The maximum atomic E-state index is 14.9. The van der Waals surface area contributed by atoms with E-state index in [1.54, 1.807) is 36.4 Å². The molecular formula is C28H23F3O. The third-order valence-electron chi connectivity index (χ3n) is 6.00. The molecule has 1 aliphatic rings. The van der Waals surface area contributed by atoms with Gasteiger partial charge in [-0.1, -0.05) is 60.7 Å². The molecule has 0 spiro atoms. The van der Waals surface area contributed by atoms with Crippen LogP contribution in [0.4, 0.5) is 13.2 Å². The summed E-state index contributed by atoms with van der Waals surface area (Å²) in [6, 6.07) is 14.5. The van der Waals surface area contributed by atoms with Crippen molar-refractivity contribution >= 4 is 11.9 Å². The highest BCUT2D eigenvalue weighted by Gasteiger charge is 2.16. The summed E-state index contributed by atoms with van der Waals surface area (Å²) in [6.45, 7) is 2.03. The van der Waals surface area contributed by atoms with E-state index in [9.17, 15) is 18.0 Å². The maximum Gasteiger partial charge on any atom is 0.169 e. The molecular weight excluding hydrogens is 409 g/mol. The Balaban J connectivity index is 1.58. The van der Waals surface area contributed by atoms with Crippen LogP contribution in [0.3, 0.4) is 0 Å². The van der Waals surface area contributed by atoms with Gasteiger partial charge >= 0.3 is 0 Å². The summed E-state index contributed by atoms with van der Waals surface area (Å²) in [6.07, 6.45) is 9.73. The summed E-state index contributed by atoms with van der Waals surface area (Å²) >= 11 is 0. The minimum atomic E-state index is -1.17.